The fourth-order valence-corrected chi connectivity index (χ4v) is 1.63. The normalized spacial score (nSPS) is 11.6. The first-order chi connectivity index (χ1) is 9.66. The number of rotatable bonds is 5. The minimum Gasteiger partial charge on any atom is -0.368 e. The Morgan fingerprint density at radius 1 is 1.30 bits per heavy atom. The van der Waals surface area contributed by atoms with Crippen LogP contribution in [0.5, 0.6) is 0 Å². The molecule has 0 saturated carbocycles. The molecular formula is C12H14N6O2. The third-order valence-electron chi connectivity index (χ3n) is 2.59. The van der Waals surface area contributed by atoms with Crippen LogP contribution in [-0.4, -0.2) is 27.3 Å². The fourth-order valence-electron chi connectivity index (χ4n) is 1.63. The van der Waals surface area contributed by atoms with E-state index in [1.807, 2.05) is 6.07 Å². The molecule has 20 heavy (non-hydrogen) atoms. The molecule has 8 heteroatoms. The summed E-state index contributed by atoms with van der Waals surface area (Å²) in [6.07, 6.45) is 1.49. The molecule has 0 saturated heterocycles. The summed E-state index contributed by atoms with van der Waals surface area (Å²) in [5.74, 6) is -0.632. The van der Waals surface area contributed by atoms with Gasteiger partial charge in [0.2, 0.25) is 5.91 Å². The second-order valence-electron chi connectivity index (χ2n) is 4.03. The van der Waals surface area contributed by atoms with Gasteiger partial charge in [0.15, 0.2) is 0 Å². The predicted molar refractivity (Wildman–Crippen MR) is 70.1 cm³/mol. The van der Waals surface area contributed by atoms with Crippen molar-refractivity contribution in [1.29, 1.82) is 0 Å². The van der Waals surface area contributed by atoms with Crippen molar-refractivity contribution in [3.05, 3.63) is 47.8 Å². The molecule has 1 aromatic carbocycles. The van der Waals surface area contributed by atoms with E-state index in [-0.39, 0.29) is 6.54 Å². The second kappa shape index (κ2) is 6.32. The van der Waals surface area contributed by atoms with Crippen LogP contribution in [0.3, 0.4) is 0 Å². The number of H-pyrrole nitrogens is 1. The van der Waals surface area contributed by atoms with Gasteiger partial charge in [0.05, 0.1) is 12.7 Å². The summed E-state index contributed by atoms with van der Waals surface area (Å²) in [6.45, 7) is 0.197. The van der Waals surface area contributed by atoms with Crippen LogP contribution in [0.4, 0.5) is 4.79 Å². The van der Waals surface area contributed by atoms with Crippen molar-refractivity contribution in [3.8, 4) is 0 Å². The Hall–Kier alpha value is -2.90. The van der Waals surface area contributed by atoms with Crippen LogP contribution < -0.4 is 16.4 Å². The number of amides is 3. The van der Waals surface area contributed by atoms with Gasteiger partial charge in [-0.1, -0.05) is 30.3 Å². The molecule has 0 radical (unpaired) electrons. The van der Waals surface area contributed by atoms with E-state index in [9.17, 15) is 9.59 Å². The lowest BCUT2D eigenvalue weighted by atomic mass is 10.1. The van der Waals surface area contributed by atoms with Crippen LogP contribution in [0.1, 0.15) is 17.3 Å². The number of carbonyl (C=O) groups excluding carboxylic acids is 2. The summed E-state index contributed by atoms with van der Waals surface area (Å²) in [5, 5.41) is 14.9. The number of urea groups is 1. The third kappa shape index (κ3) is 3.55. The minimum atomic E-state index is -0.881. The van der Waals surface area contributed by atoms with Crippen molar-refractivity contribution in [2.24, 2.45) is 5.73 Å². The third-order valence-corrected chi connectivity index (χ3v) is 2.59. The van der Waals surface area contributed by atoms with Gasteiger partial charge in [-0.15, -0.1) is 0 Å². The summed E-state index contributed by atoms with van der Waals surface area (Å²) < 4.78 is 0. The molecule has 0 spiro atoms. The molecule has 1 heterocycles. The van der Waals surface area contributed by atoms with E-state index < -0.39 is 18.0 Å². The molecule has 0 aliphatic carbocycles. The first-order valence-corrected chi connectivity index (χ1v) is 5.90. The van der Waals surface area contributed by atoms with Gasteiger partial charge >= 0.3 is 6.03 Å². The zero-order chi connectivity index (χ0) is 14.4. The summed E-state index contributed by atoms with van der Waals surface area (Å²) in [4.78, 5) is 23.2. The number of aromatic amines is 1. The van der Waals surface area contributed by atoms with Crippen LogP contribution in [0, 0.1) is 0 Å². The lowest BCUT2D eigenvalue weighted by Gasteiger charge is -2.16. The Morgan fingerprint density at radius 3 is 2.65 bits per heavy atom. The number of primary amides is 1. The molecule has 5 N–H and O–H groups in total. The van der Waals surface area contributed by atoms with Crippen molar-refractivity contribution >= 4 is 11.9 Å². The highest BCUT2D eigenvalue weighted by Gasteiger charge is 2.19. The van der Waals surface area contributed by atoms with Crippen molar-refractivity contribution in [2.75, 3.05) is 0 Å². The zero-order valence-electron chi connectivity index (χ0n) is 10.5. The molecule has 8 nitrogen and oxygen atoms in total. The number of aromatic nitrogens is 3. The van der Waals surface area contributed by atoms with Crippen LogP contribution in [-0.2, 0) is 11.3 Å². The average molecular weight is 274 g/mol. The highest BCUT2D eigenvalue weighted by Crippen LogP contribution is 2.11. The summed E-state index contributed by atoms with van der Waals surface area (Å²) in [5.41, 5.74) is 6.50. The maximum atomic E-state index is 11.7. The first-order valence-electron chi connectivity index (χ1n) is 5.90. The van der Waals surface area contributed by atoms with Gasteiger partial charge in [0.25, 0.3) is 0 Å². The number of nitrogens with two attached hydrogens (primary N) is 1. The van der Waals surface area contributed by atoms with Gasteiger partial charge < -0.3 is 16.4 Å². The molecular weight excluding hydrogens is 260 g/mol. The highest BCUT2D eigenvalue weighted by molar-refractivity contribution is 5.86. The Kier molecular flexibility index (Phi) is 4.28. The summed E-state index contributed by atoms with van der Waals surface area (Å²) in [6, 6.07) is 7.38. The van der Waals surface area contributed by atoms with Crippen LogP contribution >= 0.6 is 0 Å². The number of hydrogen-bond donors (Lipinski definition) is 4. The van der Waals surface area contributed by atoms with E-state index in [1.54, 1.807) is 24.3 Å². The molecule has 0 fully saturated rings. The zero-order valence-corrected chi connectivity index (χ0v) is 10.5. The van der Waals surface area contributed by atoms with E-state index in [4.69, 9.17) is 5.73 Å². The highest BCUT2D eigenvalue weighted by atomic mass is 16.2. The second-order valence-corrected chi connectivity index (χ2v) is 4.03. The minimum absolute atomic E-state index is 0.197. The maximum absolute atomic E-state index is 11.7. The van der Waals surface area contributed by atoms with Gasteiger partial charge in [-0.3, -0.25) is 4.79 Å². The average Bonchev–Trinajstić information content (AvgIpc) is 2.96. The van der Waals surface area contributed by atoms with Crippen LogP contribution in [0.25, 0.3) is 0 Å². The molecule has 1 aromatic heterocycles. The van der Waals surface area contributed by atoms with Crippen LogP contribution in [0.2, 0.25) is 0 Å². The van der Waals surface area contributed by atoms with E-state index in [0.717, 1.165) is 0 Å². The predicted octanol–water partition coefficient (Wildman–Crippen LogP) is -0.169. The van der Waals surface area contributed by atoms with E-state index in [1.165, 1.54) is 6.20 Å². The Labute approximate surface area is 114 Å². The maximum Gasteiger partial charge on any atom is 0.316 e. The van der Waals surface area contributed by atoms with Crippen molar-refractivity contribution in [1.82, 2.24) is 26.0 Å². The summed E-state index contributed by atoms with van der Waals surface area (Å²) in [7, 11) is 0. The SMILES string of the molecule is NC(=O)[C@H](NC(=O)NCc1cn[nH]n1)c1ccccc1. The standard InChI is InChI=1S/C12H14N6O2/c13-11(19)10(8-4-2-1-3-5-8)16-12(20)14-6-9-7-15-18-17-9/h1-5,7,10H,6H2,(H2,13,19)(H2,14,16,20)(H,15,17,18)/t10-/m1/s1. The molecule has 104 valence electrons. The van der Waals surface area contributed by atoms with Gasteiger partial charge in [0, 0.05) is 0 Å². The van der Waals surface area contributed by atoms with Gasteiger partial charge in [-0.05, 0) is 5.56 Å². The van der Waals surface area contributed by atoms with Crippen molar-refractivity contribution in [3.63, 3.8) is 0 Å². The molecule has 0 bridgehead atoms. The smallest absolute Gasteiger partial charge is 0.316 e. The number of carbonyl (C=O) groups is 2. The van der Waals surface area contributed by atoms with Gasteiger partial charge in [0.1, 0.15) is 11.7 Å². The molecule has 1 atom stereocenters. The topological polar surface area (TPSA) is 126 Å². The fraction of sp³-hybridized carbons (Fsp3) is 0.167. The number of benzene rings is 1. The first kappa shape index (κ1) is 13.5. The number of nitrogens with zero attached hydrogens (tertiary/aromatic N) is 2. The Bertz CT molecular complexity index is 569. The number of nitrogens with one attached hydrogen (secondary N) is 3. The van der Waals surface area contributed by atoms with E-state index in [0.29, 0.717) is 11.3 Å². The van der Waals surface area contributed by atoms with E-state index >= 15 is 0 Å². The quantitative estimate of drug-likeness (QED) is 0.603. The van der Waals surface area contributed by atoms with Crippen LogP contribution in [0.15, 0.2) is 36.5 Å². The monoisotopic (exact) mass is 274 g/mol. The lowest BCUT2D eigenvalue weighted by molar-refractivity contribution is -0.119. The molecule has 2 aromatic rings. The Balaban J connectivity index is 1.95. The number of hydrogen-bond acceptors (Lipinski definition) is 4. The molecule has 0 aliphatic rings. The molecule has 0 aliphatic heterocycles. The Morgan fingerprint density at radius 2 is 2.05 bits per heavy atom. The molecule has 2 rings (SSSR count). The van der Waals surface area contributed by atoms with Crippen molar-refractivity contribution in [2.45, 2.75) is 12.6 Å². The van der Waals surface area contributed by atoms with E-state index in [2.05, 4.69) is 26.0 Å². The molecule has 3 amide bonds. The summed E-state index contributed by atoms with van der Waals surface area (Å²) >= 11 is 0. The lowest BCUT2D eigenvalue weighted by Crippen LogP contribution is -2.42. The van der Waals surface area contributed by atoms with Crippen molar-refractivity contribution < 1.29 is 9.59 Å². The van der Waals surface area contributed by atoms with Gasteiger partial charge in [-0.2, -0.15) is 15.4 Å². The largest absolute Gasteiger partial charge is 0.368 e. The molecule has 0 unspecified atom stereocenters. The van der Waals surface area contributed by atoms with Gasteiger partial charge in [-0.25, -0.2) is 4.79 Å².